The minimum Gasteiger partial charge on any atom is -0.490 e. The van der Waals surface area contributed by atoms with E-state index in [4.69, 9.17) is 24.7 Å². The van der Waals surface area contributed by atoms with E-state index in [1.165, 1.54) is 35.0 Å². The number of carbonyl (C=O) groups is 1. The topological polar surface area (TPSA) is 133 Å². The number of methoxy groups -OCH3 is 2. The number of halogens is 3. The Hall–Kier alpha value is -2.15. The summed E-state index contributed by atoms with van der Waals surface area (Å²) < 4.78 is 80.1. The zero-order chi connectivity index (χ0) is 28.6. The van der Waals surface area contributed by atoms with E-state index in [0.717, 1.165) is 12.1 Å². The van der Waals surface area contributed by atoms with E-state index in [9.17, 15) is 22.0 Å². The highest BCUT2D eigenvalue weighted by molar-refractivity contribution is 14.1. The van der Waals surface area contributed by atoms with Crippen LogP contribution in [0.1, 0.15) is 10.4 Å². The van der Waals surface area contributed by atoms with Gasteiger partial charge in [-0.1, -0.05) is 0 Å². The molecular weight excluding hydrogens is 653 g/mol. The number of carbonyl (C=O) groups excluding carboxylic acids is 1. The summed E-state index contributed by atoms with van der Waals surface area (Å²) in [6, 6.07) is 6.34. The van der Waals surface area contributed by atoms with Crippen molar-refractivity contribution in [2.75, 3.05) is 72.1 Å². The molecule has 1 amide bonds. The van der Waals surface area contributed by atoms with E-state index in [-0.39, 0.29) is 75.3 Å². The van der Waals surface area contributed by atoms with E-state index < -0.39 is 33.9 Å². The summed E-state index contributed by atoms with van der Waals surface area (Å²) >= 11 is 1.95. The molecule has 39 heavy (non-hydrogen) atoms. The van der Waals surface area contributed by atoms with Gasteiger partial charge in [-0.2, -0.15) is 17.0 Å². The van der Waals surface area contributed by atoms with Crippen LogP contribution in [0.25, 0.3) is 0 Å². The van der Waals surface area contributed by atoms with Crippen LogP contribution in [0.3, 0.4) is 0 Å². The largest absolute Gasteiger partial charge is 0.490 e. The van der Waals surface area contributed by atoms with Gasteiger partial charge in [-0.05, 0) is 46.9 Å². The molecule has 1 fully saturated rings. The Bertz CT molecular complexity index is 1250. The Morgan fingerprint density at radius 2 is 1.87 bits per heavy atom. The number of nitrogens with zero attached hydrogens (tertiary/aromatic N) is 2. The van der Waals surface area contributed by atoms with E-state index in [0.29, 0.717) is 3.57 Å². The Balaban J connectivity index is 1.77. The smallest absolute Gasteiger partial charge is 0.282 e. The molecule has 3 N–H and O–H groups in total. The highest BCUT2D eigenvalue weighted by atomic mass is 127. The van der Waals surface area contributed by atoms with Crippen LogP contribution in [0, 0.1) is 15.2 Å². The summed E-state index contributed by atoms with van der Waals surface area (Å²) in [7, 11) is -0.910. The first-order valence-electron chi connectivity index (χ1n) is 11.9. The number of nitrogens with one attached hydrogen (secondary N) is 1. The van der Waals surface area contributed by atoms with Gasteiger partial charge < -0.3 is 30.0 Å². The fourth-order valence-corrected chi connectivity index (χ4v) is 5.91. The first kappa shape index (κ1) is 31.4. The van der Waals surface area contributed by atoms with Gasteiger partial charge in [-0.15, -0.1) is 0 Å². The number of hydrogen-bond acceptors (Lipinski definition) is 8. The lowest BCUT2D eigenvalue weighted by atomic mass is 10.1. The van der Waals surface area contributed by atoms with Gasteiger partial charge >= 0.3 is 0 Å². The Morgan fingerprint density at radius 3 is 2.49 bits per heavy atom. The minimum absolute atomic E-state index is 0.0115. The number of morpholine rings is 1. The van der Waals surface area contributed by atoms with Crippen LogP contribution >= 0.6 is 22.6 Å². The van der Waals surface area contributed by atoms with Gasteiger partial charge in [0.25, 0.3) is 16.1 Å². The number of anilines is 2. The van der Waals surface area contributed by atoms with E-state index in [1.54, 1.807) is 6.07 Å². The molecule has 1 unspecified atom stereocenters. The molecule has 0 aromatic heterocycles. The third kappa shape index (κ3) is 8.42. The lowest BCUT2D eigenvalue weighted by Crippen LogP contribution is -2.53. The normalized spacial score (nSPS) is 16.4. The summed E-state index contributed by atoms with van der Waals surface area (Å²) in [6.07, 6.45) is -0.728. The van der Waals surface area contributed by atoms with E-state index >= 15 is 0 Å². The molecule has 0 aliphatic carbocycles. The maximum atomic E-state index is 14.5. The Labute approximate surface area is 239 Å². The molecule has 1 atom stereocenters. The maximum Gasteiger partial charge on any atom is 0.282 e. The molecule has 1 aliphatic heterocycles. The standard InChI is InChI=1S/C24H31F2IN4O7S/c1-35-8-5-30(6-9-36-2)39(33,34)31-7-10-37-18(14-31)15-38-22-12-16(25)11-21(23(22)24(28)32)29-20-4-3-17(27)13-19(20)26/h3-4,11-13,18,29H,5-10,14-15H2,1-2H3,(H2,28,32). The molecule has 0 spiro atoms. The van der Waals surface area contributed by atoms with Crippen molar-refractivity contribution >= 4 is 50.1 Å². The van der Waals surface area contributed by atoms with Crippen molar-refractivity contribution in [3.05, 3.63) is 51.1 Å². The van der Waals surface area contributed by atoms with Gasteiger partial charge in [0.15, 0.2) is 0 Å². The average Bonchev–Trinajstić information content (AvgIpc) is 2.88. The average molecular weight is 684 g/mol. The lowest BCUT2D eigenvalue weighted by molar-refractivity contribution is -0.0267. The van der Waals surface area contributed by atoms with Crippen molar-refractivity contribution in [2.24, 2.45) is 5.73 Å². The van der Waals surface area contributed by atoms with Crippen LogP contribution in [0.15, 0.2) is 30.3 Å². The van der Waals surface area contributed by atoms with Crippen molar-refractivity contribution in [3.8, 4) is 5.75 Å². The number of rotatable bonds is 14. The highest BCUT2D eigenvalue weighted by Gasteiger charge is 2.34. The van der Waals surface area contributed by atoms with Gasteiger partial charge in [0.05, 0.1) is 31.2 Å². The SMILES string of the molecule is COCCN(CCOC)S(=O)(=O)N1CCOC(COc2cc(F)cc(Nc3ccc(I)cc3F)c2C(N)=O)C1. The van der Waals surface area contributed by atoms with Gasteiger partial charge in [-0.25, -0.2) is 8.78 Å². The fourth-order valence-electron chi connectivity index (χ4n) is 3.86. The Morgan fingerprint density at radius 1 is 1.18 bits per heavy atom. The quantitative estimate of drug-likeness (QED) is 0.290. The Kier molecular flexibility index (Phi) is 11.6. The monoisotopic (exact) mass is 684 g/mol. The van der Waals surface area contributed by atoms with Crippen LogP contribution in [-0.4, -0.2) is 95.9 Å². The van der Waals surface area contributed by atoms with E-state index in [1.807, 2.05) is 22.6 Å². The first-order chi connectivity index (χ1) is 18.6. The molecule has 2 aromatic carbocycles. The number of ether oxygens (including phenoxy) is 4. The third-order valence-corrected chi connectivity index (χ3v) is 8.46. The number of primary amides is 1. The first-order valence-corrected chi connectivity index (χ1v) is 14.4. The zero-order valence-corrected chi connectivity index (χ0v) is 24.5. The zero-order valence-electron chi connectivity index (χ0n) is 21.5. The van der Waals surface area contributed by atoms with Gasteiger partial charge in [-0.3, -0.25) is 4.79 Å². The second kappa shape index (κ2) is 14.5. The van der Waals surface area contributed by atoms with Crippen LogP contribution in [0.4, 0.5) is 20.2 Å². The molecule has 11 nitrogen and oxygen atoms in total. The second-order valence-electron chi connectivity index (χ2n) is 8.49. The molecule has 0 saturated carbocycles. The summed E-state index contributed by atoms with van der Waals surface area (Å²) in [5.41, 5.74) is 5.29. The molecule has 1 saturated heterocycles. The van der Waals surface area contributed by atoms with Crippen molar-refractivity contribution in [1.82, 2.24) is 8.61 Å². The van der Waals surface area contributed by atoms with Crippen molar-refractivity contribution in [2.45, 2.75) is 6.10 Å². The van der Waals surface area contributed by atoms with Crippen molar-refractivity contribution < 1.29 is 40.9 Å². The third-order valence-electron chi connectivity index (χ3n) is 5.78. The maximum absolute atomic E-state index is 14.5. The van der Waals surface area contributed by atoms with Crippen molar-refractivity contribution in [3.63, 3.8) is 0 Å². The lowest BCUT2D eigenvalue weighted by Gasteiger charge is -2.35. The molecule has 0 radical (unpaired) electrons. The van der Waals surface area contributed by atoms with Crippen molar-refractivity contribution in [1.29, 1.82) is 0 Å². The molecule has 3 rings (SSSR count). The molecule has 15 heteroatoms. The summed E-state index contributed by atoms with van der Waals surface area (Å²) in [6.45, 7) is 0.668. The van der Waals surface area contributed by atoms with Crippen LogP contribution in [0.5, 0.6) is 5.75 Å². The molecular formula is C24H31F2IN4O7S. The molecule has 0 bridgehead atoms. The second-order valence-corrected chi connectivity index (χ2v) is 11.7. The molecule has 1 heterocycles. The predicted molar refractivity (Wildman–Crippen MR) is 148 cm³/mol. The van der Waals surface area contributed by atoms with Crippen LogP contribution < -0.4 is 15.8 Å². The van der Waals surface area contributed by atoms with Crippen LogP contribution in [0.2, 0.25) is 0 Å². The number of benzene rings is 2. The molecule has 2 aromatic rings. The molecule has 1 aliphatic rings. The van der Waals surface area contributed by atoms with Gasteiger partial charge in [0.1, 0.15) is 35.7 Å². The predicted octanol–water partition coefficient (Wildman–Crippen LogP) is 2.33. The molecule has 216 valence electrons. The number of nitrogens with two attached hydrogens (primary N) is 1. The summed E-state index contributed by atoms with van der Waals surface area (Å²) in [5, 5.41) is 2.70. The van der Waals surface area contributed by atoms with Gasteiger partial charge in [0, 0.05) is 50.0 Å². The highest BCUT2D eigenvalue weighted by Crippen LogP contribution is 2.32. The number of hydrogen-bond donors (Lipinski definition) is 2. The fraction of sp³-hybridized carbons (Fsp3) is 0.458. The number of amides is 1. The summed E-state index contributed by atoms with van der Waals surface area (Å²) in [4.78, 5) is 12.3. The minimum atomic E-state index is -3.87. The van der Waals surface area contributed by atoms with Gasteiger partial charge in [0.2, 0.25) is 0 Å². The summed E-state index contributed by atoms with van der Waals surface area (Å²) in [5.74, 6) is -2.49. The van der Waals surface area contributed by atoms with E-state index in [2.05, 4.69) is 5.32 Å². The van der Waals surface area contributed by atoms with Crippen LogP contribution in [-0.2, 0) is 24.4 Å².